The Morgan fingerprint density at radius 3 is 2.40 bits per heavy atom. The molecule has 86 valence electrons. The number of nitrogens with one attached hydrogen (secondary N) is 2. The Labute approximate surface area is 91.7 Å². The molecule has 2 fully saturated rings. The van der Waals surface area contributed by atoms with Gasteiger partial charge in [0.25, 0.3) is 0 Å². The van der Waals surface area contributed by atoms with E-state index in [0.29, 0.717) is 6.04 Å². The van der Waals surface area contributed by atoms with E-state index >= 15 is 0 Å². The van der Waals surface area contributed by atoms with Crippen molar-refractivity contribution < 1.29 is 0 Å². The molecule has 0 bridgehead atoms. The molecule has 2 aliphatic carbocycles. The van der Waals surface area contributed by atoms with E-state index in [9.17, 15) is 0 Å². The quantitative estimate of drug-likeness (QED) is 0.278. The van der Waals surface area contributed by atoms with Gasteiger partial charge in [-0.1, -0.05) is 12.8 Å². The summed E-state index contributed by atoms with van der Waals surface area (Å²) in [6.45, 7) is 2.23. The molecule has 0 saturated heterocycles. The molecular formula is C11H22N4. The predicted octanol–water partition coefficient (Wildman–Crippen LogP) is 1.28. The SMILES string of the molecule is CC1(NC(=NC2CCCC2)NN)CCC1. The number of nitrogens with zero attached hydrogens (tertiary/aromatic N) is 1. The van der Waals surface area contributed by atoms with Crippen LogP contribution in [0.15, 0.2) is 4.99 Å². The van der Waals surface area contributed by atoms with Crippen LogP contribution in [-0.2, 0) is 0 Å². The molecule has 0 atom stereocenters. The average Bonchev–Trinajstić information content (AvgIpc) is 2.67. The molecule has 4 heteroatoms. The zero-order valence-corrected chi connectivity index (χ0v) is 9.55. The molecule has 2 rings (SSSR count). The smallest absolute Gasteiger partial charge is 0.206 e. The van der Waals surface area contributed by atoms with Crippen LogP contribution < -0.4 is 16.6 Å². The number of hydrogen-bond donors (Lipinski definition) is 3. The monoisotopic (exact) mass is 210 g/mol. The molecule has 0 aromatic heterocycles. The molecule has 0 heterocycles. The summed E-state index contributed by atoms with van der Waals surface area (Å²) >= 11 is 0. The van der Waals surface area contributed by atoms with Crippen LogP contribution in [0.5, 0.6) is 0 Å². The summed E-state index contributed by atoms with van der Waals surface area (Å²) in [5.41, 5.74) is 2.92. The number of hydrazine groups is 1. The standard InChI is InChI=1S/C11H22N4/c1-11(7-4-8-11)14-10(15-12)13-9-5-2-3-6-9/h9H,2-8,12H2,1H3,(H2,13,14,15). The minimum Gasteiger partial charge on any atom is -0.350 e. The highest BCUT2D eigenvalue weighted by Crippen LogP contribution is 2.30. The van der Waals surface area contributed by atoms with Gasteiger partial charge in [0, 0.05) is 5.54 Å². The lowest BCUT2D eigenvalue weighted by Gasteiger charge is -2.40. The first kappa shape index (κ1) is 10.7. The molecule has 0 aromatic rings. The second-order valence-corrected chi connectivity index (χ2v) is 5.10. The van der Waals surface area contributed by atoms with Gasteiger partial charge in [0.2, 0.25) is 5.96 Å². The Balaban J connectivity index is 1.90. The van der Waals surface area contributed by atoms with Crippen molar-refractivity contribution >= 4 is 5.96 Å². The third-order valence-corrected chi connectivity index (χ3v) is 3.65. The zero-order valence-electron chi connectivity index (χ0n) is 9.55. The van der Waals surface area contributed by atoms with Crippen LogP contribution in [0.1, 0.15) is 51.9 Å². The number of guanidine groups is 1. The number of rotatable bonds is 2. The van der Waals surface area contributed by atoms with Crippen LogP contribution in [0, 0.1) is 0 Å². The van der Waals surface area contributed by atoms with E-state index in [1.165, 1.54) is 44.9 Å². The molecule has 4 N–H and O–H groups in total. The van der Waals surface area contributed by atoms with Gasteiger partial charge in [-0.2, -0.15) is 0 Å². The van der Waals surface area contributed by atoms with Crippen LogP contribution in [0.2, 0.25) is 0 Å². The van der Waals surface area contributed by atoms with Gasteiger partial charge < -0.3 is 5.32 Å². The first-order valence-electron chi connectivity index (χ1n) is 6.04. The van der Waals surface area contributed by atoms with Crippen LogP contribution >= 0.6 is 0 Å². The minimum absolute atomic E-state index is 0.226. The third kappa shape index (κ3) is 2.62. The van der Waals surface area contributed by atoms with E-state index in [4.69, 9.17) is 5.84 Å². The van der Waals surface area contributed by atoms with Gasteiger partial charge >= 0.3 is 0 Å². The molecule has 2 saturated carbocycles. The molecule has 0 aliphatic heterocycles. The Bertz CT molecular complexity index is 239. The molecule has 0 spiro atoms. The maximum atomic E-state index is 5.49. The zero-order chi connectivity index (χ0) is 10.7. The molecule has 0 aromatic carbocycles. The van der Waals surface area contributed by atoms with Gasteiger partial charge in [0.1, 0.15) is 0 Å². The fraction of sp³-hybridized carbons (Fsp3) is 0.909. The molecule has 4 nitrogen and oxygen atoms in total. The summed E-state index contributed by atoms with van der Waals surface area (Å²) < 4.78 is 0. The summed E-state index contributed by atoms with van der Waals surface area (Å²) in [4.78, 5) is 4.63. The summed E-state index contributed by atoms with van der Waals surface area (Å²) in [7, 11) is 0. The summed E-state index contributed by atoms with van der Waals surface area (Å²) in [6, 6.07) is 0.479. The molecule has 0 radical (unpaired) electrons. The average molecular weight is 210 g/mol. The summed E-state index contributed by atoms with van der Waals surface area (Å²) in [5, 5.41) is 3.42. The molecular weight excluding hydrogens is 188 g/mol. The van der Waals surface area contributed by atoms with Gasteiger partial charge in [-0.05, 0) is 39.0 Å². The largest absolute Gasteiger partial charge is 0.350 e. The lowest BCUT2D eigenvalue weighted by molar-refractivity contribution is 0.241. The van der Waals surface area contributed by atoms with E-state index < -0.39 is 0 Å². The van der Waals surface area contributed by atoms with Gasteiger partial charge in [0.05, 0.1) is 6.04 Å². The van der Waals surface area contributed by atoms with Gasteiger partial charge in [-0.25, -0.2) is 10.8 Å². The maximum absolute atomic E-state index is 5.49. The van der Waals surface area contributed by atoms with E-state index in [1.54, 1.807) is 0 Å². The number of nitrogens with two attached hydrogens (primary N) is 1. The highest BCUT2D eigenvalue weighted by atomic mass is 15.3. The maximum Gasteiger partial charge on any atom is 0.206 e. The Morgan fingerprint density at radius 2 is 1.93 bits per heavy atom. The Kier molecular flexibility index (Phi) is 3.14. The molecule has 2 aliphatic rings. The van der Waals surface area contributed by atoms with Gasteiger partial charge in [-0.3, -0.25) is 5.43 Å². The molecule has 0 amide bonds. The summed E-state index contributed by atoms with van der Waals surface area (Å²) in [5.74, 6) is 6.28. The van der Waals surface area contributed by atoms with E-state index in [1.807, 2.05) is 0 Å². The first-order valence-corrected chi connectivity index (χ1v) is 6.04. The minimum atomic E-state index is 0.226. The van der Waals surface area contributed by atoms with Gasteiger partial charge in [-0.15, -0.1) is 0 Å². The van der Waals surface area contributed by atoms with Crippen molar-refractivity contribution in [2.45, 2.75) is 63.5 Å². The van der Waals surface area contributed by atoms with Crippen molar-refractivity contribution in [3.63, 3.8) is 0 Å². The van der Waals surface area contributed by atoms with Crippen LogP contribution in [0.25, 0.3) is 0 Å². The van der Waals surface area contributed by atoms with Gasteiger partial charge in [0.15, 0.2) is 0 Å². The third-order valence-electron chi connectivity index (χ3n) is 3.65. The molecule has 15 heavy (non-hydrogen) atoms. The first-order chi connectivity index (χ1) is 7.22. The topological polar surface area (TPSA) is 62.4 Å². The van der Waals surface area contributed by atoms with Crippen molar-refractivity contribution in [2.24, 2.45) is 10.8 Å². The second kappa shape index (κ2) is 4.39. The van der Waals surface area contributed by atoms with Crippen LogP contribution in [-0.4, -0.2) is 17.5 Å². The lowest BCUT2D eigenvalue weighted by atomic mass is 9.79. The normalized spacial score (nSPS) is 26.1. The Hall–Kier alpha value is -0.770. The van der Waals surface area contributed by atoms with Crippen molar-refractivity contribution in [3.8, 4) is 0 Å². The number of aliphatic imine (C=N–C) groups is 1. The highest BCUT2D eigenvalue weighted by Gasteiger charge is 2.32. The van der Waals surface area contributed by atoms with Crippen molar-refractivity contribution in [3.05, 3.63) is 0 Å². The van der Waals surface area contributed by atoms with E-state index in [0.717, 1.165) is 5.96 Å². The van der Waals surface area contributed by atoms with E-state index in [-0.39, 0.29) is 5.54 Å². The second-order valence-electron chi connectivity index (χ2n) is 5.10. The van der Waals surface area contributed by atoms with Crippen LogP contribution in [0.3, 0.4) is 0 Å². The molecule has 0 unspecified atom stereocenters. The predicted molar refractivity (Wildman–Crippen MR) is 62.4 cm³/mol. The fourth-order valence-electron chi connectivity index (χ4n) is 2.44. The Morgan fingerprint density at radius 1 is 1.27 bits per heavy atom. The summed E-state index contributed by atoms with van der Waals surface area (Å²) in [6.07, 6.45) is 8.79. The lowest BCUT2D eigenvalue weighted by Crippen LogP contribution is -2.56. The van der Waals surface area contributed by atoms with E-state index in [2.05, 4.69) is 22.7 Å². The highest BCUT2D eigenvalue weighted by molar-refractivity contribution is 5.80. The fourth-order valence-corrected chi connectivity index (χ4v) is 2.44. The van der Waals surface area contributed by atoms with Crippen molar-refractivity contribution in [1.82, 2.24) is 10.7 Å². The number of hydrogen-bond acceptors (Lipinski definition) is 2. The van der Waals surface area contributed by atoms with Crippen molar-refractivity contribution in [1.29, 1.82) is 0 Å². The van der Waals surface area contributed by atoms with Crippen LogP contribution in [0.4, 0.5) is 0 Å². The van der Waals surface area contributed by atoms with Crippen molar-refractivity contribution in [2.75, 3.05) is 0 Å².